The smallest absolute Gasteiger partial charge is 0.242 e. The van der Waals surface area contributed by atoms with Crippen LogP contribution in [0.15, 0.2) is 24.3 Å². The highest BCUT2D eigenvalue weighted by atomic mass is 16.2. The third kappa shape index (κ3) is 3.97. The molecule has 0 spiro atoms. The Balaban J connectivity index is 2.08. The van der Waals surface area contributed by atoms with Crippen LogP contribution in [0.3, 0.4) is 0 Å². The fourth-order valence-electron chi connectivity index (χ4n) is 2.66. The first-order chi connectivity index (χ1) is 10.1. The molecule has 0 unspecified atom stereocenters. The van der Waals surface area contributed by atoms with Gasteiger partial charge in [-0.25, -0.2) is 0 Å². The molecule has 0 aliphatic heterocycles. The number of rotatable bonds is 7. The summed E-state index contributed by atoms with van der Waals surface area (Å²) >= 11 is 0. The quantitative estimate of drug-likeness (QED) is 0.838. The number of amides is 1. The van der Waals surface area contributed by atoms with Gasteiger partial charge in [-0.15, -0.1) is 0 Å². The van der Waals surface area contributed by atoms with Gasteiger partial charge in [-0.3, -0.25) is 4.79 Å². The van der Waals surface area contributed by atoms with Gasteiger partial charge in [0.2, 0.25) is 5.91 Å². The van der Waals surface area contributed by atoms with Crippen LogP contribution < -0.4 is 10.6 Å². The largest absolute Gasteiger partial charge is 0.360 e. The molecule has 1 amide bonds. The number of anilines is 1. The van der Waals surface area contributed by atoms with Gasteiger partial charge >= 0.3 is 0 Å². The Morgan fingerprint density at radius 3 is 2.33 bits per heavy atom. The zero-order valence-corrected chi connectivity index (χ0v) is 13.4. The Bertz CT molecular complexity index is 465. The average Bonchev–Trinajstić information content (AvgIpc) is 3.30. The van der Waals surface area contributed by atoms with Crippen molar-refractivity contribution in [2.24, 2.45) is 5.73 Å². The van der Waals surface area contributed by atoms with Crippen molar-refractivity contribution in [3.63, 3.8) is 0 Å². The SMILES string of the molecule is CCN(C(=O)CN(c1ccc(CN)cc1)C(C)C)C1CC1. The summed E-state index contributed by atoms with van der Waals surface area (Å²) in [7, 11) is 0. The van der Waals surface area contributed by atoms with Gasteiger partial charge in [0.15, 0.2) is 0 Å². The summed E-state index contributed by atoms with van der Waals surface area (Å²) in [5.74, 6) is 0.233. The number of benzene rings is 1. The van der Waals surface area contributed by atoms with Crippen LogP contribution in [-0.4, -0.2) is 36.0 Å². The highest BCUT2D eigenvalue weighted by molar-refractivity contribution is 5.82. The number of likely N-dealkylation sites (N-methyl/N-ethyl adjacent to an activating group) is 1. The van der Waals surface area contributed by atoms with E-state index in [4.69, 9.17) is 5.73 Å². The van der Waals surface area contributed by atoms with Crippen LogP contribution in [-0.2, 0) is 11.3 Å². The van der Waals surface area contributed by atoms with E-state index in [-0.39, 0.29) is 11.9 Å². The summed E-state index contributed by atoms with van der Waals surface area (Å²) in [4.78, 5) is 16.7. The molecule has 0 saturated heterocycles. The van der Waals surface area contributed by atoms with E-state index in [1.165, 1.54) is 0 Å². The van der Waals surface area contributed by atoms with Crippen LogP contribution in [0.2, 0.25) is 0 Å². The topological polar surface area (TPSA) is 49.6 Å². The molecule has 0 radical (unpaired) electrons. The first-order valence-electron chi connectivity index (χ1n) is 7.92. The average molecular weight is 289 g/mol. The summed E-state index contributed by atoms with van der Waals surface area (Å²) in [5, 5.41) is 0. The molecule has 1 aromatic carbocycles. The maximum Gasteiger partial charge on any atom is 0.242 e. The predicted molar refractivity (Wildman–Crippen MR) is 87.2 cm³/mol. The predicted octanol–water partition coefficient (Wildman–Crippen LogP) is 2.37. The van der Waals surface area contributed by atoms with Crippen molar-refractivity contribution < 1.29 is 4.79 Å². The zero-order chi connectivity index (χ0) is 15.4. The van der Waals surface area contributed by atoms with E-state index >= 15 is 0 Å². The van der Waals surface area contributed by atoms with E-state index in [2.05, 4.69) is 37.8 Å². The molecule has 0 bridgehead atoms. The van der Waals surface area contributed by atoms with Crippen LogP contribution >= 0.6 is 0 Å². The van der Waals surface area contributed by atoms with E-state index in [9.17, 15) is 4.79 Å². The normalized spacial score (nSPS) is 14.3. The molecule has 21 heavy (non-hydrogen) atoms. The van der Waals surface area contributed by atoms with Gasteiger partial charge in [0.1, 0.15) is 0 Å². The van der Waals surface area contributed by atoms with Crippen molar-refractivity contribution >= 4 is 11.6 Å². The van der Waals surface area contributed by atoms with Crippen molar-refractivity contribution in [2.45, 2.75) is 52.2 Å². The minimum Gasteiger partial charge on any atom is -0.360 e. The molecule has 2 N–H and O–H groups in total. The van der Waals surface area contributed by atoms with Gasteiger partial charge in [0.05, 0.1) is 6.54 Å². The fraction of sp³-hybridized carbons (Fsp3) is 0.588. The Labute approximate surface area is 127 Å². The van der Waals surface area contributed by atoms with Gasteiger partial charge in [0, 0.05) is 30.9 Å². The maximum absolute atomic E-state index is 12.5. The second-order valence-electron chi connectivity index (χ2n) is 6.00. The van der Waals surface area contributed by atoms with E-state index < -0.39 is 0 Å². The highest BCUT2D eigenvalue weighted by Crippen LogP contribution is 2.27. The van der Waals surface area contributed by atoms with Crippen molar-refractivity contribution in [1.82, 2.24) is 4.90 Å². The lowest BCUT2D eigenvalue weighted by molar-refractivity contribution is -0.130. The molecule has 4 nitrogen and oxygen atoms in total. The monoisotopic (exact) mass is 289 g/mol. The summed E-state index contributed by atoms with van der Waals surface area (Å²) in [6.45, 7) is 8.11. The lowest BCUT2D eigenvalue weighted by atomic mass is 10.1. The Kier molecular flexibility index (Phi) is 5.23. The molecule has 0 heterocycles. The lowest BCUT2D eigenvalue weighted by Gasteiger charge is -2.31. The molecule has 0 atom stereocenters. The summed E-state index contributed by atoms with van der Waals surface area (Å²) < 4.78 is 0. The first kappa shape index (κ1) is 15.8. The Morgan fingerprint density at radius 2 is 1.90 bits per heavy atom. The molecule has 1 fully saturated rings. The van der Waals surface area contributed by atoms with Crippen molar-refractivity contribution in [1.29, 1.82) is 0 Å². The number of nitrogens with zero attached hydrogens (tertiary/aromatic N) is 2. The minimum atomic E-state index is 0.233. The molecule has 2 rings (SSSR count). The van der Waals surface area contributed by atoms with Crippen molar-refractivity contribution in [3.05, 3.63) is 29.8 Å². The summed E-state index contributed by atoms with van der Waals surface area (Å²) in [6.07, 6.45) is 2.32. The molecule has 1 aliphatic rings. The number of hydrogen-bond acceptors (Lipinski definition) is 3. The summed E-state index contributed by atoms with van der Waals surface area (Å²) in [5.41, 5.74) is 7.84. The third-order valence-electron chi connectivity index (χ3n) is 4.08. The molecular formula is C17H27N3O. The molecular weight excluding hydrogens is 262 g/mol. The van der Waals surface area contributed by atoms with Crippen LogP contribution in [0, 0.1) is 0 Å². The third-order valence-corrected chi connectivity index (χ3v) is 4.08. The summed E-state index contributed by atoms with van der Waals surface area (Å²) in [6, 6.07) is 8.96. The first-order valence-corrected chi connectivity index (χ1v) is 7.92. The van der Waals surface area contributed by atoms with Crippen molar-refractivity contribution in [3.8, 4) is 0 Å². The zero-order valence-electron chi connectivity index (χ0n) is 13.4. The Morgan fingerprint density at radius 1 is 1.29 bits per heavy atom. The maximum atomic E-state index is 12.5. The van der Waals surface area contributed by atoms with E-state index in [1.807, 2.05) is 17.0 Å². The number of hydrogen-bond donors (Lipinski definition) is 1. The van der Waals surface area contributed by atoms with Gasteiger partial charge in [-0.05, 0) is 51.3 Å². The van der Waals surface area contributed by atoms with Crippen LogP contribution in [0.1, 0.15) is 39.2 Å². The van der Waals surface area contributed by atoms with Crippen LogP contribution in [0.25, 0.3) is 0 Å². The van der Waals surface area contributed by atoms with Gasteiger partial charge in [-0.2, -0.15) is 0 Å². The van der Waals surface area contributed by atoms with E-state index in [0.717, 1.165) is 30.6 Å². The molecule has 1 aromatic rings. The standard InChI is InChI=1S/C17H27N3O/c1-4-19(15-9-10-15)17(21)12-20(13(2)3)16-7-5-14(11-18)6-8-16/h5-8,13,15H,4,9-12,18H2,1-3H3. The van der Waals surface area contributed by atoms with Gasteiger partial charge < -0.3 is 15.5 Å². The molecule has 0 aromatic heterocycles. The number of carbonyl (C=O) groups is 1. The number of carbonyl (C=O) groups excluding carboxylic acids is 1. The van der Waals surface area contributed by atoms with E-state index in [0.29, 0.717) is 19.1 Å². The Hall–Kier alpha value is -1.55. The second kappa shape index (κ2) is 6.94. The molecule has 116 valence electrons. The fourth-order valence-corrected chi connectivity index (χ4v) is 2.66. The van der Waals surface area contributed by atoms with Gasteiger partial charge in [0.25, 0.3) is 0 Å². The minimum absolute atomic E-state index is 0.233. The van der Waals surface area contributed by atoms with Crippen LogP contribution in [0.4, 0.5) is 5.69 Å². The van der Waals surface area contributed by atoms with Crippen molar-refractivity contribution in [2.75, 3.05) is 18.0 Å². The van der Waals surface area contributed by atoms with Crippen LogP contribution in [0.5, 0.6) is 0 Å². The molecule has 1 saturated carbocycles. The second-order valence-corrected chi connectivity index (χ2v) is 6.00. The molecule has 1 aliphatic carbocycles. The van der Waals surface area contributed by atoms with E-state index in [1.54, 1.807) is 0 Å². The molecule has 4 heteroatoms. The number of nitrogens with two attached hydrogens (primary N) is 1. The highest BCUT2D eigenvalue weighted by Gasteiger charge is 2.32. The lowest BCUT2D eigenvalue weighted by Crippen LogP contribution is -2.44. The van der Waals surface area contributed by atoms with Gasteiger partial charge in [-0.1, -0.05) is 12.1 Å².